The summed E-state index contributed by atoms with van der Waals surface area (Å²) in [5.41, 5.74) is 0.575. The highest BCUT2D eigenvalue weighted by Crippen LogP contribution is 2.25. The zero-order valence-electron chi connectivity index (χ0n) is 12.0. The summed E-state index contributed by atoms with van der Waals surface area (Å²) in [7, 11) is -3.57. The van der Waals surface area contributed by atoms with Crippen LogP contribution in [0.25, 0.3) is 0 Å². The van der Waals surface area contributed by atoms with Crippen LogP contribution in [-0.2, 0) is 10.0 Å². The quantitative estimate of drug-likeness (QED) is 0.913. The van der Waals surface area contributed by atoms with E-state index in [4.69, 9.17) is 11.6 Å². The molecule has 1 aliphatic heterocycles. The number of nitrogens with zero attached hydrogens (tertiary/aromatic N) is 2. The number of hydrogen-bond acceptors (Lipinski definition) is 5. The summed E-state index contributed by atoms with van der Waals surface area (Å²) in [5, 5.41) is 3.31. The van der Waals surface area contributed by atoms with Crippen LogP contribution in [0.3, 0.4) is 0 Å². The molecule has 1 saturated heterocycles. The molecule has 1 aromatic carbocycles. The SMILES string of the molecule is Cc1c(Cl)cccc1S(=O)(=O)NC1CCN(c2nccs2)C1. The van der Waals surface area contributed by atoms with E-state index in [1.54, 1.807) is 42.7 Å². The molecule has 0 aliphatic carbocycles. The predicted molar refractivity (Wildman–Crippen MR) is 89.2 cm³/mol. The maximum atomic E-state index is 12.6. The summed E-state index contributed by atoms with van der Waals surface area (Å²) >= 11 is 7.58. The fraction of sp³-hybridized carbons (Fsp3) is 0.357. The van der Waals surface area contributed by atoms with Crippen LogP contribution in [0.15, 0.2) is 34.7 Å². The Bertz CT molecular complexity index is 762. The highest BCUT2D eigenvalue weighted by molar-refractivity contribution is 7.89. The molecule has 1 aromatic heterocycles. The van der Waals surface area contributed by atoms with Crippen molar-refractivity contribution in [1.29, 1.82) is 0 Å². The average Bonchev–Trinajstić information content (AvgIpc) is 3.11. The van der Waals surface area contributed by atoms with Crippen molar-refractivity contribution in [3.05, 3.63) is 40.4 Å². The van der Waals surface area contributed by atoms with Crippen LogP contribution >= 0.6 is 22.9 Å². The van der Waals surface area contributed by atoms with Gasteiger partial charge in [0.1, 0.15) is 0 Å². The number of thiazole rings is 1. The van der Waals surface area contributed by atoms with Crippen molar-refractivity contribution in [2.45, 2.75) is 24.3 Å². The van der Waals surface area contributed by atoms with Gasteiger partial charge in [-0.05, 0) is 31.0 Å². The number of halogens is 1. The molecule has 1 unspecified atom stereocenters. The predicted octanol–water partition coefficient (Wildman–Crippen LogP) is 2.66. The minimum Gasteiger partial charge on any atom is -0.346 e. The van der Waals surface area contributed by atoms with E-state index in [-0.39, 0.29) is 10.9 Å². The van der Waals surface area contributed by atoms with E-state index in [0.29, 0.717) is 17.1 Å². The molecule has 2 aromatic rings. The van der Waals surface area contributed by atoms with E-state index in [9.17, 15) is 8.42 Å². The topological polar surface area (TPSA) is 62.3 Å². The van der Waals surface area contributed by atoms with Crippen LogP contribution in [0.1, 0.15) is 12.0 Å². The Morgan fingerprint density at radius 2 is 2.27 bits per heavy atom. The lowest BCUT2D eigenvalue weighted by atomic mass is 10.2. The lowest BCUT2D eigenvalue weighted by Crippen LogP contribution is -2.37. The summed E-state index contributed by atoms with van der Waals surface area (Å²) in [6, 6.07) is 4.81. The summed E-state index contributed by atoms with van der Waals surface area (Å²) in [4.78, 5) is 6.61. The van der Waals surface area contributed by atoms with Crippen molar-refractivity contribution in [3.8, 4) is 0 Å². The third-order valence-corrected chi connectivity index (χ3v) is 6.61. The maximum Gasteiger partial charge on any atom is 0.241 e. The van der Waals surface area contributed by atoms with Gasteiger partial charge in [-0.1, -0.05) is 17.7 Å². The second-order valence-corrected chi connectivity index (χ2v) is 8.19. The molecule has 2 heterocycles. The second kappa shape index (κ2) is 6.16. The van der Waals surface area contributed by atoms with E-state index < -0.39 is 10.0 Å². The van der Waals surface area contributed by atoms with Gasteiger partial charge < -0.3 is 4.90 Å². The van der Waals surface area contributed by atoms with Gasteiger partial charge in [0.25, 0.3) is 0 Å². The van der Waals surface area contributed by atoms with E-state index >= 15 is 0 Å². The van der Waals surface area contributed by atoms with Crippen LogP contribution in [0.4, 0.5) is 5.13 Å². The third kappa shape index (κ3) is 3.12. The van der Waals surface area contributed by atoms with Gasteiger partial charge in [-0.25, -0.2) is 18.1 Å². The van der Waals surface area contributed by atoms with Crippen LogP contribution in [-0.4, -0.2) is 32.5 Å². The Hall–Kier alpha value is -1.15. The largest absolute Gasteiger partial charge is 0.346 e. The van der Waals surface area contributed by atoms with Gasteiger partial charge in [0.15, 0.2) is 5.13 Å². The molecule has 118 valence electrons. The molecule has 22 heavy (non-hydrogen) atoms. The van der Waals surface area contributed by atoms with Crippen LogP contribution in [0.5, 0.6) is 0 Å². The van der Waals surface area contributed by atoms with E-state index in [1.165, 1.54) is 0 Å². The van der Waals surface area contributed by atoms with Crippen molar-refractivity contribution in [2.75, 3.05) is 18.0 Å². The molecule has 8 heteroatoms. The number of sulfonamides is 1. The zero-order chi connectivity index (χ0) is 15.7. The first-order chi connectivity index (χ1) is 10.5. The average molecular weight is 358 g/mol. The van der Waals surface area contributed by atoms with Gasteiger partial charge in [0, 0.05) is 35.7 Å². The van der Waals surface area contributed by atoms with Gasteiger partial charge in [0.05, 0.1) is 4.90 Å². The first-order valence-electron chi connectivity index (χ1n) is 6.89. The number of rotatable bonds is 4. The monoisotopic (exact) mass is 357 g/mol. The molecule has 1 aliphatic rings. The Kier molecular flexibility index (Phi) is 4.40. The van der Waals surface area contributed by atoms with E-state index in [2.05, 4.69) is 14.6 Å². The minimum atomic E-state index is -3.57. The van der Waals surface area contributed by atoms with Gasteiger partial charge in [-0.2, -0.15) is 0 Å². The molecule has 1 N–H and O–H groups in total. The molecule has 0 radical (unpaired) electrons. The molecule has 3 rings (SSSR count). The fourth-order valence-corrected chi connectivity index (χ4v) is 5.00. The Morgan fingerprint density at radius 1 is 1.45 bits per heavy atom. The smallest absolute Gasteiger partial charge is 0.241 e. The third-order valence-electron chi connectivity index (χ3n) is 3.71. The highest BCUT2D eigenvalue weighted by Gasteiger charge is 2.29. The molecule has 0 saturated carbocycles. The molecular formula is C14H16ClN3O2S2. The molecule has 1 fully saturated rings. The number of aromatic nitrogens is 1. The van der Waals surface area contributed by atoms with Crippen LogP contribution in [0, 0.1) is 6.92 Å². The van der Waals surface area contributed by atoms with Gasteiger partial charge in [0.2, 0.25) is 10.0 Å². The highest BCUT2D eigenvalue weighted by atomic mass is 35.5. The van der Waals surface area contributed by atoms with Gasteiger partial charge in [-0.15, -0.1) is 11.3 Å². The molecule has 1 atom stereocenters. The normalized spacial score (nSPS) is 18.8. The Labute approximate surface area is 139 Å². The molecule has 5 nitrogen and oxygen atoms in total. The minimum absolute atomic E-state index is 0.118. The summed E-state index contributed by atoms with van der Waals surface area (Å²) in [6.07, 6.45) is 2.52. The second-order valence-electron chi connectivity index (χ2n) is 5.23. The molecular weight excluding hydrogens is 342 g/mol. The molecule has 0 amide bonds. The summed E-state index contributed by atoms with van der Waals surface area (Å²) in [6.45, 7) is 3.15. The first-order valence-corrected chi connectivity index (χ1v) is 9.63. The number of hydrogen-bond donors (Lipinski definition) is 1. The van der Waals surface area contributed by atoms with E-state index in [0.717, 1.165) is 18.1 Å². The van der Waals surface area contributed by atoms with Gasteiger partial charge in [-0.3, -0.25) is 0 Å². The lowest BCUT2D eigenvalue weighted by molar-refractivity contribution is 0.561. The molecule has 0 spiro atoms. The Morgan fingerprint density at radius 3 is 3.00 bits per heavy atom. The lowest BCUT2D eigenvalue weighted by Gasteiger charge is -2.17. The number of anilines is 1. The first kappa shape index (κ1) is 15.7. The van der Waals surface area contributed by atoms with Crippen molar-refractivity contribution >= 4 is 38.1 Å². The summed E-state index contributed by atoms with van der Waals surface area (Å²) in [5.74, 6) is 0. The maximum absolute atomic E-state index is 12.6. The van der Waals surface area contributed by atoms with Crippen molar-refractivity contribution in [2.24, 2.45) is 0 Å². The van der Waals surface area contributed by atoms with Crippen molar-refractivity contribution in [1.82, 2.24) is 9.71 Å². The molecule has 0 bridgehead atoms. The van der Waals surface area contributed by atoms with Crippen molar-refractivity contribution < 1.29 is 8.42 Å². The fourth-order valence-electron chi connectivity index (χ4n) is 2.56. The number of benzene rings is 1. The number of nitrogens with one attached hydrogen (secondary N) is 1. The Balaban J connectivity index is 1.74. The standard InChI is InChI=1S/C14H16ClN3O2S2/c1-10-12(15)3-2-4-13(10)22(19,20)17-11-5-7-18(9-11)14-16-6-8-21-14/h2-4,6,8,11,17H,5,7,9H2,1H3. The zero-order valence-corrected chi connectivity index (χ0v) is 14.4. The van der Waals surface area contributed by atoms with Crippen molar-refractivity contribution in [3.63, 3.8) is 0 Å². The van der Waals surface area contributed by atoms with E-state index in [1.807, 2.05) is 5.38 Å². The van der Waals surface area contributed by atoms with Gasteiger partial charge >= 0.3 is 0 Å². The van der Waals surface area contributed by atoms with Crippen LogP contribution < -0.4 is 9.62 Å². The van der Waals surface area contributed by atoms with Crippen LogP contribution in [0.2, 0.25) is 5.02 Å². The summed E-state index contributed by atoms with van der Waals surface area (Å²) < 4.78 is 27.9.